The van der Waals surface area contributed by atoms with Gasteiger partial charge in [0.15, 0.2) is 5.13 Å². The normalized spacial score (nSPS) is 16.6. The monoisotopic (exact) mass is 312 g/mol. The molecule has 6 nitrogen and oxygen atoms in total. The maximum atomic E-state index is 12.4. The third-order valence-corrected chi connectivity index (χ3v) is 4.53. The second kappa shape index (κ2) is 6.19. The third kappa shape index (κ3) is 4.31. The van der Waals surface area contributed by atoms with Crippen molar-refractivity contribution in [3.8, 4) is 0 Å². The first-order chi connectivity index (χ1) is 9.81. The van der Waals surface area contributed by atoms with Crippen molar-refractivity contribution in [3.63, 3.8) is 0 Å². The predicted molar refractivity (Wildman–Crippen MR) is 85.6 cm³/mol. The second-order valence-corrected chi connectivity index (χ2v) is 7.56. The molecule has 1 atom stereocenters. The molecule has 21 heavy (non-hydrogen) atoms. The number of nitrogens with zero attached hydrogens (tertiary/aromatic N) is 1. The number of anilines is 2. The van der Waals surface area contributed by atoms with Crippen molar-refractivity contribution in [2.45, 2.75) is 52.1 Å². The van der Waals surface area contributed by atoms with Crippen molar-refractivity contribution >= 4 is 28.2 Å². The van der Waals surface area contributed by atoms with Crippen LogP contribution in [0.2, 0.25) is 0 Å². The Morgan fingerprint density at radius 3 is 2.71 bits per heavy atom. The van der Waals surface area contributed by atoms with Gasteiger partial charge in [0.05, 0.1) is 0 Å². The molecule has 1 aliphatic rings. The Morgan fingerprint density at radius 2 is 2.19 bits per heavy atom. The van der Waals surface area contributed by atoms with Crippen molar-refractivity contribution in [1.29, 1.82) is 0 Å². The van der Waals surface area contributed by atoms with E-state index in [0.717, 1.165) is 12.8 Å². The van der Waals surface area contributed by atoms with E-state index in [0.29, 0.717) is 22.5 Å². The summed E-state index contributed by atoms with van der Waals surface area (Å²) >= 11 is 1.28. The quantitative estimate of drug-likeness (QED) is 0.642. The van der Waals surface area contributed by atoms with Crippen molar-refractivity contribution < 1.29 is 9.90 Å². The van der Waals surface area contributed by atoms with Crippen LogP contribution < -0.4 is 16.4 Å². The number of aliphatic hydroxyl groups is 1. The highest BCUT2D eigenvalue weighted by Gasteiger charge is 2.28. The van der Waals surface area contributed by atoms with Crippen LogP contribution in [0.1, 0.15) is 49.7 Å². The van der Waals surface area contributed by atoms with Gasteiger partial charge in [-0.1, -0.05) is 32.1 Å². The molecular formula is C14H24N4O2S. The van der Waals surface area contributed by atoms with E-state index in [1.54, 1.807) is 0 Å². The lowest BCUT2D eigenvalue weighted by atomic mass is 9.85. The molecular weight excluding hydrogens is 288 g/mol. The zero-order valence-electron chi connectivity index (χ0n) is 12.8. The van der Waals surface area contributed by atoms with Crippen LogP contribution in [0.4, 0.5) is 10.9 Å². The van der Waals surface area contributed by atoms with E-state index in [9.17, 15) is 4.79 Å². The summed E-state index contributed by atoms with van der Waals surface area (Å²) in [7, 11) is 0. The molecule has 0 aromatic carbocycles. The van der Waals surface area contributed by atoms with E-state index in [-0.39, 0.29) is 29.8 Å². The average molecular weight is 312 g/mol. The Hall–Kier alpha value is -1.34. The van der Waals surface area contributed by atoms with Gasteiger partial charge in [-0.25, -0.2) is 4.98 Å². The molecule has 0 spiro atoms. The fraction of sp³-hybridized carbons (Fsp3) is 0.714. The lowest BCUT2D eigenvalue weighted by molar-refractivity contribution is 0.0890. The number of nitrogen functional groups attached to an aromatic ring is 1. The summed E-state index contributed by atoms with van der Waals surface area (Å²) in [6.07, 6.45) is 2.80. The number of hydrogen-bond donors (Lipinski definition) is 4. The molecule has 1 aromatic heterocycles. The molecule has 0 radical (unpaired) electrons. The maximum Gasteiger partial charge on any atom is 0.265 e. The van der Waals surface area contributed by atoms with Crippen LogP contribution in [0.5, 0.6) is 0 Å². The van der Waals surface area contributed by atoms with Gasteiger partial charge in [0, 0.05) is 18.7 Å². The summed E-state index contributed by atoms with van der Waals surface area (Å²) in [4.78, 5) is 17.0. The topological polar surface area (TPSA) is 100 Å². The first-order valence-electron chi connectivity index (χ1n) is 7.26. The van der Waals surface area contributed by atoms with E-state index >= 15 is 0 Å². The largest absolute Gasteiger partial charge is 0.396 e. The van der Waals surface area contributed by atoms with Gasteiger partial charge in [-0.15, -0.1) is 0 Å². The number of rotatable bonds is 6. The van der Waals surface area contributed by atoms with Crippen LogP contribution in [0.25, 0.3) is 0 Å². The molecule has 1 unspecified atom stereocenters. The van der Waals surface area contributed by atoms with Gasteiger partial charge in [0.2, 0.25) is 0 Å². The molecule has 0 aliphatic heterocycles. The van der Waals surface area contributed by atoms with Crippen LogP contribution >= 0.6 is 11.3 Å². The summed E-state index contributed by atoms with van der Waals surface area (Å²) in [5.41, 5.74) is 5.71. The second-order valence-electron chi connectivity index (χ2n) is 6.56. The van der Waals surface area contributed by atoms with Crippen molar-refractivity contribution in [2.24, 2.45) is 5.41 Å². The number of hydrogen-bond acceptors (Lipinski definition) is 6. The van der Waals surface area contributed by atoms with Gasteiger partial charge in [-0.05, 0) is 24.7 Å². The smallest absolute Gasteiger partial charge is 0.265 e. The Balaban J connectivity index is 2.05. The molecule has 1 fully saturated rings. The summed E-state index contributed by atoms with van der Waals surface area (Å²) in [6.45, 7) is 6.13. The van der Waals surface area contributed by atoms with Crippen LogP contribution in [0, 0.1) is 5.41 Å². The molecule has 5 N–H and O–H groups in total. The number of amides is 1. The van der Waals surface area contributed by atoms with Crippen molar-refractivity contribution in [3.05, 3.63) is 4.88 Å². The summed E-state index contributed by atoms with van der Waals surface area (Å²) in [6, 6.07) is 0.361. The Kier molecular flexibility index (Phi) is 4.73. The Bertz CT molecular complexity index is 506. The van der Waals surface area contributed by atoms with E-state index in [1.165, 1.54) is 11.3 Å². The van der Waals surface area contributed by atoms with E-state index in [2.05, 4.69) is 15.6 Å². The molecule has 1 heterocycles. The SMILES string of the molecule is CC(C)(C)C(CCO)NC(=O)c1sc(NC2CC2)nc1N. The molecule has 1 saturated carbocycles. The minimum Gasteiger partial charge on any atom is -0.396 e. The molecule has 1 aliphatic carbocycles. The summed E-state index contributed by atoms with van der Waals surface area (Å²) in [5.74, 6) is 0.0412. The van der Waals surface area contributed by atoms with Gasteiger partial charge >= 0.3 is 0 Å². The number of thiazole rings is 1. The highest BCUT2D eigenvalue weighted by atomic mass is 32.1. The van der Waals surface area contributed by atoms with E-state index < -0.39 is 0 Å². The van der Waals surface area contributed by atoms with Gasteiger partial charge in [0.1, 0.15) is 10.7 Å². The van der Waals surface area contributed by atoms with E-state index in [4.69, 9.17) is 10.8 Å². The number of carbonyl (C=O) groups excluding carboxylic acids is 1. The van der Waals surface area contributed by atoms with Gasteiger partial charge in [-0.3, -0.25) is 4.79 Å². The third-order valence-electron chi connectivity index (χ3n) is 3.53. The van der Waals surface area contributed by atoms with Crippen LogP contribution in [0.15, 0.2) is 0 Å². The first-order valence-corrected chi connectivity index (χ1v) is 8.07. The highest BCUT2D eigenvalue weighted by molar-refractivity contribution is 7.18. The Morgan fingerprint density at radius 1 is 1.52 bits per heavy atom. The fourth-order valence-corrected chi connectivity index (χ4v) is 2.90. The van der Waals surface area contributed by atoms with Gasteiger partial charge in [0.25, 0.3) is 5.91 Å². The number of aromatic nitrogens is 1. The number of carbonyl (C=O) groups is 1. The summed E-state index contributed by atoms with van der Waals surface area (Å²) in [5, 5.41) is 16.1. The Labute approximate surface area is 129 Å². The lowest BCUT2D eigenvalue weighted by Crippen LogP contribution is -2.44. The van der Waals surface area contributed by atoms with Gasteiger partial charge in [-0.2, -0.15) is 0 Å². The number of aliphatic hydroxyl groups excluding tert-OH is 1. The molecule has 118 valence electrons. The minimum atomic E-state index is -0.220. The zero-order valence-corrected chi connectivity index (χ0v) is 13.6. The maximum absolute atomic E-state index is 12.4. The van der Waals surface area contributed by atoms with Gasteiger partial charge < -0.3 is 21.5 Å². The van der Waals surface area contributed by atoms with Crippen LogP contribution in [0.3, 0.4) is 0 Å². The fourth-order valence-electron chi connectivity index (χ4n) is 2.03. The number of nitrogens with two attached hydrogens (primary N) is 1. The molecule has 0 saturated heterocycles. The lowest BCUT2D eigenvalue weighted by Gasteiger charge is -2.30. The molecule has 2 rings (SSSR count). The molecule has 7 heteroatoms. The molecule has 1 aromatic rings. The standard InChI is InChI=1S/C14H24N4O2S/c1-14(2,3)9(6-7-19)17-12(20)10-11(15)18-13(21-10)16-8-4-5-8/h8-9,19H,4-7,15H2,1-3H3,(H,16,18)(H,17,20). The highest BCUT2D eigenvalue weighted by Crippen LogP contribution is 2.31. The minimum absolute atomic E-state index is 0.0366. The predicted octanol–water partition coefficient (Wildman–Crippen LogP) is 1.83. The molecule has 0 bridgehead atoms. The first kappa shape index (κ1) is 16.0. The van der Waals surface area contributed by atoms with E-state index in [1.807, 2.05) is 20.8 Å². The van der Waals surface area contributed by atoms with Crippen molar-refractivity contribution in [1.82, 2.24) is 10.3 Å². The van der Waals surface area contributed by atoms with Crippen LogP contribution in [-0.4, -0.2) is 34.7 Å². The van der Waals surface area contributed by atoms with Crippen molar-refractivity contribution in [2.75, 3.05) is 17.7 Å². The molecule has 1 amide bonds. The average Bonchev–Trinajstić information content (AvgIpc) is 3.10. The summed E-state index contributed by atoms with van der Waals surface area (Å²) < 4.78 is 0. The zero-order chi connectivity index (χ0) is 15.6. The number of nitrogens with one attached hydrogen (secondary N) is 2. The van der Waals surface area contributed by atoms with Crippen LogP contribution in [-0.2, 0) is 0 Å².